The van der Waals surface area contributed by atoms with Crippen molar-refractivity contribution in [3.05, 3.63) is 58.6 Å². The molecule has 124 valence electrons. The van der Waals surface area contributed by atoms with E-state index < -0.39 is 5.97 Å². The minimum Gasteiger partial charge on any atom is -0.465 e. The predicted molar refractivity (Wildman–Crippen MR) is 93.9 cm³/mol. The van der Waals surface area contributed by atoms with Gasteiger partial charge in [0.15, 0.2) is 0 Å². The Morgan fingerprint density at radius 3 is 2.79 bits per heavy atom. The van der Waals surface area contributed by atoms with Gasteiger partial charge in [0.1, 0.15) is 0 Å². The fraction of sp³-hybridized carbons (Fsp3) is 0.222. The standard InChI is InChI=1S/C18H17ClN2O3/c1-24-17(22)13-8-9-14(19)15(11-13)20-18(23)21-10-4-6-12-5-2-3-7-16(12)21/h2-3,5,7-9,11H,4,6,10H2,1H3,(H,20,23). The number of methoxy groups -OCH3 is 1. The summed E-state index contributed by atoms with van der Waals surface area (Å²) in [6.07, 6.45) is 1.86. The summed E-state index contributed by atoms with van der Waals surface area (Å²) in [4.78, 5) is 26.0. The molecule has 0 aromatic heterocycles. The molecule has 0 saturated carbocycles. The van der Waals surface area contributed by atoms with E-state index in [0.717, 1.165) is 24.1 Å². The van der Waals surface area contributed by atoms with Crippen molar-refractivity contribution >= 4 is 35.0 Å². The van der Waals surface area contributed by atoms with Crippen molar-refractivity contribution in [2.24, 2.45) is 0 Å². The molecule has 1 heterocycles. The maximum Gasteiger partial charge on any atom is 0.337 e. The summed E-state index contributed by atoms with van der Waals surface area (Å²) in [5.41, 5.74) is 2.76. The topological polar surface area (TPSA) is 58.6 Å². The summed E-state index contributed by atoms with van der Waals surface area (Å²) in [7, 11) is 1.31. The molecule has 2 aromatic rings. The van der Waals surface area contributed by atoms with Gasteiger partial charge >= 0.3 is 12.0 Å². The highest BCUT2D eigenvalue weighted by atomic mass is 35.5. The van der Waals surface area contributed by atoms with Crippen molar-refractivity contribution in [3.8, 4) is 0 Å². The van der Waals surface area contributed by atoms with Crippen LogP contribution in [-0.2, 0) is 11.2 Å². The Morgan fingerprint density at radius 2 is 2.00 bits per heavy atom. The van der Waals surface area contributed by atoms with Crippen LogP contribution in [0.25, 0.3) is 0 Å². The third-order valence-electron chi connectivity index (χ3n) is 3.98. The maximum absolute atomic E-state index is 12.7. The lowest BCUT2D eigenvalue weighted by Gasteiger charge is -2.29. The lowest BCUT2D eigenvalue weighted by molar-refractivity contribution is 0.0600. The Kier molecular flexibility index (Phi) is 4.71. The van der Waals surface area contributed by atoms with Crippen LogP contribution in [0.3, 0.4) is 0 Å². The average molecular weight is 345 g/mol. The number of hydrogen-bond donors (Lipinski definition) is 1. The fourth-order valence-corrected chi connectivity index (χ4v) is 2.96. The minimum atomic E-state index is -0.481. The largest absolute Gasteiger partial charge is 0.465 e. The second-order valence-corrected chi connectivity index (χ2v) is 5.91. The zero-order chi connectivity index (χ0) is 17.1. The van der Waals surface area contributed by atoms with Crippen molar-refractivity contribution < 1.29 is 14.3 Å². The highest BCUT2D eigenvalue weighted by Crippen LogP contribution is 2.29. The molecule has 0 unspecified atom stereocenters. The summed E-state index contributed by atoms with van der Waals surface area (Å²) in [6, 6.07) is 12.2. The summed E-state index contributed by atoms with van der Waals surface area (Å²) >= 11 is 6.14. The molecule has 5 nitrogen and oxygen atoms in total. The summed E-state index contributed by atoms with van der Waals surface area (Å²) in [6.45, 7) is 0.636. The molecule has 2 amide bonds. The molecule has 1 N–H and O–H groups in total. The number of urea groups is 1. The highest BCUT2D eigenvalue weighted by molar-refractivity contribution is 6.34. The predicted octanol–water partition coefficient (Wildman–Crippen LogP) is 4.11. The van der Waals surface area contributed by atoms with Crippen molar-refractivity contribution in [2.45, 2.75) is 12.8 Å². The Labute approximate surface area is 145 Å². The van der Waals surface area contributed by atoms with E-state index in [9.17, 15) is 9.59 Å². The van der Waals surface area contributed by atoms with Gasteiger partial charge in [-0.1, -0.05) is 29.8 Å². The molecule has 1 aliphatic rings. The van der Waals surface area contributed by atoms with E-state index in [0.29, 0.717) is 22.8 Å². The van der Waals surface area contributed by atoms with Crippen LogP contribution in [0.4, 0.5) is 16.2 Å². The van der Waals surface area contributed by atoms with Crippen molar-refractivity contribution in [1.29, 1.82) is 0 Å². The Morgan fingerprint density at radius 1 is 1.21 bits per heavy atom. The molecule has 24 heavy (non-hydrogen) atoms. The molecule has 0 bridgehead atoms. The van der Waals surface area contributed by atoms with Crippen molar-refractivity contribution in [3.63, 3.8) is 0 Å². The van der Waals surface area contributed by atoms with Crippen molar-refractivity contribution in [2.75, 3.05) is 23.9 Å². The third-order valence-corrected chi connectivity index (χ3v) is 4.31. The van der Waals surface area contributed by atoms with Gasteiger partial charge in [-0.3, -0.25) is 4.90 Å². The fourth-order valence-electron chi connectivity index (χ4n) is 2.79. The van der Waals surface area contributed by atoms with Gasteiger partial charge < -0.3 is 10.1 Å². The first-order valence-electron chi connectivity index (χ1n) is 7.64. The van der Waals surface area contributed by atoms with E-state index >= 15 is 0 Å². The van der Waals surface area contributed by atoms with E-state index in [1.807, 2.05) is 24.3 Å². The van der Waals surface area contributed by atoms with Gasteiger partial charge in [-0.15, -0.1) is 0 Å². The first-order chi connectivity index (χ1) is 11.6. The molecule has 6 heteroatoms. The Hall–Kier alpha value is -2.53. The molecular weight excluding hydrogens is 328 g/mol. The van der Waals surface area contributed by atoms with Crippen LogP contribution in [0.5, 0.6) is 0 Å². The van der Waals surface area contributed by atoms with E-state index in [1.165, 1.54) is 13.2 Å². The van der Waals surface area contributed by atoms with E-state index in [1.54, 1.807) is 17.0 Å². The monoisotopic (exact) mass is 344 g/mol. The first kappa shape index (κ1) is 16.3. The molecule has 0 saturated heterocycles. The average Bonchev–Trinajstić information content (AvgIpc) is 2.62. The van der Waals surface area contributed by atoms with Crippen LogP contribution >= 0.6 is 11.6 Å². The molecule has 0 aliphatic carbocycles. The number of fused-ring (bicyclic) bond motifs is 1. The normalized spacial score (nSPS) is 13.2. The molecule has 2 aromatic carbocycles. The molecule has 0 atom stereocenters. The quantitative estimate of drug-likeness (QED) is 0.834. The van der Waals surface area contributed by atoms with Crippen molar-refractivity contribution in [1.82, 2.24) is 0 Å². The molecule has 0 radical (unpaired) electrons. The van der Waals surface area contributed by atoms with Gasteiger partial charge in [0.2, 0.25) is 0 Å². The number of rotatable bonds is 2. The van der Waals surface area contributed by atoms with Gasteiger partial charge in [0.25, 0.3) is 0 Å². The van der Waals surface area contributed by atoms with E-state index in [2.05, 4.69) is 5.32 Å². The molecule has 1 aliphatic heterocycles. The summed E-state index contributed by atoms with van der Waals surface area (Å²) in [5.74, 6) is -0.481. The third kappa shape index (κ3) is 3.21. The lowest BCUT2D eigenvalue weighted by atomic mass is 10.0. The molecule has 0 spiro atoms. The van der Waals surface area contributed by atoms with Gasteiger partial charge in [0, 0.05) is 12.2 Å². The number of hydrogen-bond acceptors (Lipinski definition) is 3. The van der Waals surface area contributed by atoms with Crippen LogP contribution in [0, 0.1) is 0 Å². The molecule has 3 rings (SSSR count). The van der Waals surface area contributed by atoms with Crippen LogP contribution in [0.15, 0.2) is 42.5 Å². The number of nitrogens with zero attached hydrogens (tertiary/aromatic N) is 1. The zero-order valence-corrected chi connectivity index (χ0v) is 14.0. The number of carbonyl (C=O) groups excluding carboxylic acids is 2. The van der Waals surface area contributed by atoms with Crippen LogP contribution < -0.4 is 10.2 Å². The van der Waals surface area contributed by atoms with E-state index in [4.69, 9.17) is 16.3 Å². The van der Waals surface area contributed by atoms with Gasteiger partial charge in [-0.2, -0.15) is 0 Å². The number of benzene rings is 2. The SMILES string of the molecule is COC(=O)c1ccc(Cl)c(NC(=O)N2CCCc3ccccc32)c1. The van der Waals surface area contributed by atoms with Crippen LogP contribution in [0.2, 0.25) is 5.02 Å². The summed E-state index contributed by atoms with van der Waals surface area (Å²) in [5, 5.41) is 3.15. The number of ether oxygens (including phenoxy) is 1. The molecule has 0 fully saturated rings. The lowest BCUT2D eigenvalue weighted by Crippen LogP contribution is -2.38. The minimum absolute atomic E-state index is 0.272. The number of amides is 2. The second kappa shape index (κ2) is 6.93. The van der Waals surface area contributed by atoms with Crippen LogP contribution in [-0.4, -0.2) is 25.7 Å². The Balaban J connectivity index is 1.85. The van der Waals surface area contributed by atoms with E-state index in [-0.39, 0.29) is 6.03 Å². The first-order valence-corrected chi connectivity index (χ1v) is 8.02. The second-order valence-electron chi connectivity index (χ2n) is 5.50. The number of nitrogens with one attached hydrogen (secondary N) is 1. The van der Waals surface area contributed by atoms with Gasteiger partial charge in [0.05, 0.1) is 23.4 Å². The van der Waals surface area contributed by atoms with Gasteiger partial charge in [-0.05, 0) is 42.7 Å². The zero-order valence-electron chi connectivity index (χ0n) is 13.2. The number of anilines is 2. The smallest absolute Gasteiger partial charge is 0.337 e. The number of para-hydroxylation sites is 1. The highest BCUT2D eigenvalue weighted by Gasteiger charge is 2.23. The van der Waals surface area contributed by atoms with Gasteiger partial charge in [-0.25, -0.2) is 9.59 Å². The summed E-state index contributed by atoms with van der Waals surface area (Å²) < 4.78 is 4.69. The maximum atomic E-state index is 12.7. The number of aryl methyl sites for hydroxylation is 1. The number of halogens is 1. The molecular formula is C18H17ClN2O3. The number of carbonyl (C=O) groups is 2. The number of esters is 1. The van der Waals surface area contributed by atoms with Crippen LogP contribution in [0.1, 0.15) is 22.3 Å². The Bertz CT molecular complexity index is 792.